The second-order valence-corrected chi connectivity index (χ2v) is 24.3. The number of amides is 6. The van der Waals surface area contributed by atoms with Gasteiger partial charge in [0.15, 0.2) is 34.5 Å². The van der Waals surface area contributed by atoms with Crippen LogP contribution in [0.2, 0.25) is 0 Å². The second kappa shape index (κ2) is 49.9. The Bertz CT molecular complexity index is 3850. The van der Waals surface area contributed by atoms with Gasteiger partial charge in [-0.1, -0.05) is 133 Å². The maximum Gasteiger partial charge on any atom is 0.412 e. The number of carboxylic acids is 1. The number of esters is 2. The summed E-state index contributed by atoms with van der Waals surface area (Å²) in [6.45, 7) is 14.0. The molecule has 0 saturated carbocycles. The number of ether oxygens (including phenoxy) is 8. The van der Waals surface area contributed by atoms with E-state index in [4.69, 9.17) is 48.7 Å². The van der Waals surface area contributed by atoms with Crippen LogP contribution in [0, 0.1) is 17.8 Å². The number of para-hydroxylation sites is 3. The zero-order valence-corrected chi connectivity index (χ0v) is 61.8. The molecule has 0 heterocycles. The molecule has 0 unspecified atom stereocenters. The first-order valence-corrected chi connectivity index (χ1v) is 34.5. The van der Waals surface area contributed by atoms with Gasteiger partial charge >= 0.3 is 36.2 Å². The number of hydrogen-bond acceptors (Lipinski definition) is 18. The highest BCUT2D eigenvalue weighted by Gasteiger charge is 2.21. The number of nitrogens with one attached hydrogen (secondary N) is 5. The van der Waals surface area contributed by atoms with Crippen LogP contribution in [0.3, 0.4) is 0 Å². The quantitative estimate of drug-likeness (QED) is 0.00793. The second-order valence-electron chi connectivity index (χ2n) is 24.3. The van der Waals surface area contributed by atoms with Crippen molar-refractivity contribution in [2.75, 3.05) is 35.4 Å². The molecule has 0 aliphatic rings. The number of primary amides is 1. The number of unbranched alkanes of at least 4 members (excludes halogenated alkanes) is 6. The molecule has 566 valence electrons. The van der Waals surface area contributed by atoms with Crippen molar-refractivity contribution in [3.8, 4) is 51.7 Å². The molecule has 6 amide bonds. The predicted molar refractivity (Wildman–Crippen MR) is 400 cm³/mol. The van der Waals surface area contributed by atoms with Gasteiger partial charge in [-0.3, -0.25) is 14.4 Å². The van der Waals surface area contributed by atoms with Crippen LogP contribution in [0.5, 0.6) is 51.7 Å². The van der Waals surface area contributed by atoms with Gasteiger partial charge in [0.2, 0.25) is 17.7 Å². The monoisotopic (exact) mass is 1450 g/mol. The molecule has 9 N–H and O–H groups in total. The fourth-order valence-electron chi connectivity index (χ4n) is 9.16. The molecule has 6 aromatic carbocycles. The van der Waals surface area contributed by atoms with E-state index in [1.807, 2.05) is 0 Å². The fourth-order valence-corrected chi connectivity index (χ4v) is 9.16. The smallest absolute Gasteiger partial charge is 0.412 e. The topological polar surface area (TPSA) is 354 Å². The first kappa shape index (κ1) is 87.6. The number of aromatic carboxylic acids is 1. The summed E-state index contributed by atoms with van der Waals surface area (Å²) in [6.07, 6.45) is 20.6. The number of carbonyl (C=O) groups excluding carboxylic acids is 8. The van der Waals surface area contributed by atoms with E-state index < -0.39 is 36.2 Å². The molecular formula is C80H102N6O19. The highest BCUT2D eigenvalue weighted by Crippen LogP contribution is 2.33. The molecule has 0 fully saturated rings. The maximum absolute atomic E-state index is 12.7. The normalized spacial score (nSPS) is 10.6. The number of rotatable bonds is 35. The Morgan fingerprint density at radius 1 is 0.400 bits per heavy atom. The summed E-state index contributed by atoms with van der Waals surface area (Å²) in [5.41, 5.74) is 7.64. The van der Waals surface area contributed by atoms with Crippen LogP contribution in [-0.4, -0.2) is 99.5 Å². The van der Waals surface area contributed by atoms with Gasteiger partial charge in [-0.2, -0.15) is 0 Å². The van der Waals surface area contributed by atoms with Crippen molar-refractivity contribution < 1.29 is 91.3 Å². The van der Waals surface area contributed by atoms with Crippen molar-refractivity contribution in [2.45, 2.75) is 138 Å². The molecule has 0 bridgehead atoms. The van der Waals surface area contributed by atoms with Crippen molar-refractivity contribution in [3.63, 3.8) is 0 Å². The highest BCUT2D eigenvalue weighted by atomic mass is 16.6. The van der Waals surface area contributed by atoms with Crippen LogP contribution in [-0.2, 0) is 34.0 Å². The molecule has 0 saturated heterocycles. The van der Waals surface area contributed by atoms with Gasteiger partial charge in [-0.05, 0) is 165 Å². The van der Waals surface area contributed by atoms with Gasteiger partial charge in [-0.15, -0.1) is 0 Å². The summed E-state index contributed by atoms with van der Waals surface area (Å²) in [5, 5.41) is 31.5. The van der Waals surface area contributed by atoms with Crippen molar-refractivity contribution in [3.05, 3.63) is 197 Å². The summed E-state index contributed by atoms with van der Waals surface area (Å²) in [7, 11) is 7.24. The third-order valence-electron chi connectivity index (χ3n) is 14.6. The average molecular weight is 1450 g/mol. The summed E-state index contributed by atoms with van der Waals surface area (Å²) in [5.74, 6) is 0.802. The van der Waals surface area contributed by atoms with Gasteiger partial charge in [-0.25, -0.2) is 28.8 Å². The number of nitrogens with two attached hydrogens (primary N) is 1. The molecule has 0 atom stereocenters. The first-order valence-electron chi connectivity index (χ1n) is 34.5. The number of methoxy groups -OCH3 is 3. The molecule has 25 heteroatoms. The Morgan fingerprint density at radius 3 is 1.06 bits per heavy atom. The summed E-state index contributed by atoms with van der Waals surface area (Å²) in [4.78, 5) is 105. The Hall–Kier alpha value is -11.6. The lowest BCUT2D eigenvalue weighted by atomic mass is 10.1. The minimum Gasteiger partial charge on any atom is -0.504 e. The number of benzene rings is 6. The molecule has 0 spiro atoms. The van der Waals surface area contributed by atoms with Crippen molar-refractivity contribution in [1.82, 2.24) is 26.6 Å². The van der Waals surface area contributed by atoms with E-state index >= 15 is 0 Å². The number of aromatic hydroxyl groups is 1. The van der Waals surface area contributed by atoms with E-state index in [0.717, 1.165) is 74.5 Å². The minimum atomic E-state index is -1.13. The molecule has 6 aromatic rings. The predicted octanol–water partition coefficient (Wildman–Crippen LogP) is 14.7. The standard InChI is InChI=1S/C27H34N2O6.C26H32N2O6.C18H27NO3.C9H9NO4/c1-19(2)11-7-5-6-8-14-25(30)29-18-20-15-16-23(24(17-20)33-4)34-26(31)21-12-9-10-13-22(21)35-27(32)28-3;1-18(2)10-6-4-5-7-13-24(29)28-17-19-14-15-22(23(16-19)32-3)33-25(30)20-11-8-9-12-21(20)34-26(27)31;1-14(2)8-6-4-5-7-9-18(21)19-13-15-10-11-16(20)17(12-15)22-3;1-10-9(13)14-7-5-3-2-4-6(7)8(11)12/h7,9-13,15-17,19H,5-6,8,14,18H2,1-4H3,(H,28,32)(H,29,30);6,8-12,14-16,18H,4-5,7,13,17H2,1-3H3,(H2,27,31)(H,28,29);6,8,10-12,14,20H,4-5,7,9,13H2,1-3H3,(H,19,21);2-5H,1H3,(H,10,13)(H,11,12)/b11-7+;10-6+;8-6+;. The van der Waals surface area contributed by atoms with Crippen LogP contribution < -0.4 is 70.2 Å². The number of carboxylic acid groups (broad SMARTS) is 1. The van der Waals surface area contributed by atoms with Crippen LogP contribution >= 0.6 is 0 Å². The fraction of sp³-hybridized carbons (Fsp3) is 0.362. The Kier molecular flexibility index (Phi) is 41.6. The molecule has 6 rings (SSSR count). The van der Waals surface area contributed by atoms with Gasteiger partial charge in [0.1, 0.15) is 33.9 Å². The van der Waals surface area contributed by atoms with Crippen molar-refractivity contribution >= 4 is 53.9 Å². The van der Waals surface area contributed by atoms with Crippen LogP contribution in [0.25, 0.3) is 0 Å². The van der Waals surface area contributed by atoms with Gasteiger partial charge < -0.3 is 80.4 Å². The maximum atomic E-state index is 12.7. The lowest BCUT2D eigenvalue weighted by Crippen LogP contribution is -2.23. The zero-order valence-electron chi connectivity index (χ0n) is 61.8. The largest absolute Gasteiger partial charge is 0.504 e. The Labute approximate surface area is 615 Å². The van der Waals surface area contributed by atoms with Gasteiger partial charge in [0.25, 0.3) is 0 Å². The van der Waals surface area contributed by atoms with E-state index in [1.54, 1.807) is 91.0 Å². The van der Waals surface area contributed by atoms with Crippen LogP contribution in [0.15, 0.2) is 164 Å². The molecule has 0 aromatic heterocycles. The van der Waals surface area contributed by atoms with E-state index in [2.05, 4.69) is 105 Å². The summed E-state index contributed by atoms with van der Waals surface area (Å²) >= 11 is 0. The number of allylic oxidation sites excluding steroid dienone is 6. The molecule has 0 aliphatic carbocycles. The lowest BCUT2D eigenvalue weighted by molar-refractivity contribution is -0.122. The van der Waals surface area contributed by atoms with Crippen LogP contribution in [0.1, 0.15) is 166 Å². The van der Waals surface area contributed by atoms with Gasteiger partial charge in [0, 0.05) is 53.0 Å². The summed E-state index contributed by atoms with van der Waals surface area (Å²) in [6, 6.07) is 33.4. The number of hydrogen-bond donors (Lipinski definition) is 8. The lowest BCUT2D eigenvalue weighted by Gasteiger charge is -2.13. The van der Waals surface area contributed by atoms with Crippen molar-refractivity contribution in [2.24, 2.45) is 23.5 Å². The summed E-state index contributed by atoms with van der Waals surface area (Å²) < 4.78 is 41.4. The Morgan fingerprint density at radius 2 is 0.724 bits per heavy atom. The molecule has 0 radical (unpaired) electrons. The molecule has 25 nitrogen and oxygen atoms in total. The molecule has 0 aliphatic heterocycles. The van der Waals surface area contributed by atoms with E-state index in [1.165, 1.54) is 71.8 Å². The third kappa shape index (κ3) is 36.2. The average Bonchev–Trinajstić information content (AvgIpc) is 0.839. The third-order valence-corrected chi connectivity index (χ3v) is 14.6. The van der Waals surface area contributed by atoms with E-state index in [-0.39, 0.29) is 68.9 Å². The Balaban J connectivity index is 0.000000381. The molecule has 105 heavy (non-hydrogen) atoms. The number of carbonyl (C=O) groups is 9. The number of phenolic OH excluding ortho intramolecular Hbond substituents is 1. The SMILES string of the molecule is CNC(=O)Oc1ccccc1C(=O)O.CNC(=O)Oc1ccccc1C(=O)Oc1ccc(CNC(=O)CCCC/C=C/C(C)C)cc1OC.COc1cc(CNC(=O)CCCC/C=C/C(C)C)ccc1O.COc1cc(CNC(=O)CCCC/C=C/C(C)C)ccc1OC(=O)c1ccccc1OC(N)=O. The van der Waals surface area contributed by atoms with Crippen molar-refractivity contribution in [1.29, 1.82) is 0 Å². The number of phenols is 1. The van der Waals surface area contributed by atoms with Crippen LogP contribution in [0.4, 0.5) is 14.4 Å². The minimum absolute atomic E-state index is 0.00533. The van der Waals surface area contributed by atoms with E-state index in [9.17, 15) is 48.3 Å². The molecular weight excluding hydrogens is 1350 g/mol. The zero-order chi connectivity index (χ0) is 77.5. The first-order chi connectivity index (χ1) is 50.3. The van der Waals surface area contributed by atoms with E-state index in [0.29, 0.717) is 73.9 Å². The highest BCUT2D eigenvalue weighted by molar-refractivity contribution is 5.96. The van der Waals surface area contributed by atoms with Gasteiger partial charge in [0.05, 0.1) is 21.3 Å².